The number of esters is 1. The lowest BCUT2D eigenvalue weighted by molar-refractivity contribution is -0.151. The Kier molecular flexibility index (Phi) is 7.59. The first-order valence-corrected chi connectivity index (χ1v) is 12.4. The molecule has 34 heavy (non-hydrogen) atoms. The van der Waals surface area contributed by atoms with Gasteiger partial charge in [0.25, 0.3) is 0 Å². The van der Waals surface area contributed by atoms with E-state index < -0.39 is 11.9 Å². The van der Waals surface area contributed by atoms with E-state index in [1.54, 1.807) is 12.1 Å². The summed E-state index contributed by atoms with van der Waals surface area (Å²) in [5, 5.41) is 20.1. The van der Waals surface area contributed by atoms with E-state index in [2.05, 4.69) is 34.6 Å². The van der Waals surface area contributed by atoms with Crippen molar-refractivity contribution in [3.05, 3.63) is 35.4 Å². The number of carbonyl (C=O) groups is 3. The summed E-state index contributed by atoms with van der Waals surface area (Å²) in [4.78, 5) is 36.1. The molecule has 0 unspecified atom stereocenters. The highest BCUT2D eigenvalue weighted by molar-refractivity contribution is 5.92. The zero-order valence-corrected chi connectivity index (χ0v) is 21.0. The van der Waals surface area contributed by atoms with E-state index in [1.807, 2.05) is 0 Å². The molecule has 1 aromatic carbocycles. The molecule has 0 saturated heterocycles. The number of aliphatic carboxylic acids is 1. The van der Waals surface area contributed by atoms with Crippen molar-refractivity contribution in [2.24, 2.45) is 17.3 Å². The second-order valence-corrected chi connectivity index (χ2v) is 11.2. The predicted molar refractivity (Wildman–Crippen MR) is 130 cm³/mol. The van der Waals surface area contributed by atoms with Crippen molar-refractivity contribution in [1.29, 1.82) is 0 Å². The molecule has 3 aliphatic rings. The molecule has 6 heteroatoms. The lowest BCUT2D eigenvalue weighted by Gasteiger charge is -2.59. The minimum atomic E-state index is -1.25. The second-order valence-electron chi connectivity index (χ2n) is 11.2. The third kappa shape index (κ3) is 5.21. The molecule has 2 N–H and O–H groups in total. The van der Waals surface area contributed by atoms with Crippen molar-refractivity contribution in [1.82, 2.24) is 0 Å². The normalized spacial score (nSPS) is 23.6. The number of ether oxygens (including phenoxy) is 1. The first kappa shape index (κ1) is 26.0. The molecule has 4 rings (SSSR count). The molecule has 0 amide bonds. The van der Waals surface area contributed by atoms with Gasteiger partial charge in [-0.15, -0.1) is 0 Å². The molecule has 1 aromatic rings. The Morgan fingerprint density at radius 1 is 1.18 bits per heavy atom. The molecular formula is C28H38O6. The van der Waals surface area contributed by atoms with Gasteiger partial charge >= 0.3 is 11.9 Å². The van der Waals surface area contributed by atoms with E-state index in [0.717, 1.165) is 49.8 Å². The van der Waals surface area contributed by atoms with Crippen molar-refractivity contribution in [2.45, 2.75) is 90.9 Å². The van der Waals surface area contributed by atoms with Crippen LogP contribution in [0.5, 0.6) is 11.5 Å². The number of ketones is 1. The number of aromatic hydroxyl groups is 1. The molecule has 6 nitrogen and oxygen atoms in total. The SMILES string of the molecule is CCCCCCC(C)(C)c1cc(O)c([C@H]2CC(=O)[C@H]3C[C@@H]2C3(C)C)c(OC(=O)C=CC(=O)O)c1. The molecule has 0 spiro atoms. The van der Waals surface area contributed by atoms with Crippen LogP contribution in [0.3, 0.4) is 0 Å². The molecule has 3 fully saturated rings. The van der Waals surface area contributed by atoms with E-state index in [4.69, 9.17) is 9.84 Å². The standard InChI is InChI=1S/C28H38O6/c1-6-7-8-9-12-27(2,3)17-13-22(30)26(23(14-17)34-25(33)11-10-24(31)32)18-15-21(29)20-16-19(18)28(20,4)5/h10-11,13-14,18-20,30H,6-9,12,15-16H2,1-5H3,(H,31,32)/t18-,19-,20+/m0/s1. The Hall–Kier alpha value is -2.63. The van der Waals surface area contributed by atoms with Gasteiger partial charge in [0, 0.05) is 36.0 Å². The molecule has 3 saturated carbocycles. The summed E-state index contributed by atoms with van der Waals surface area (Å²) < 4.78 is 5.62. The lowest BCUT2D eigenvalue weighted by Crippen LogP contribution is -2.56. The molecule has 3 atom stereocenters. The molecule has 3 aliphatic carbocycles. The van der Waals surface area contributed by atoms with E-state index in [1.165, 1.54) is 6.42 Å². The summed E-state index contributed by atoms with van der Waals surface area (Å²) in [5.74, 6) is -1.65. The van der Waals surface area contributed by atoms with Crippen LogP contribution in [0, 0.1) is 17.3 Å². The van der Waals surface area contributed by atoms with Crippen LogP contribution < -0.4 is 4.74 Å². The zero-order chi connectivity index (χ0) is 25.3. The first-order chi connectivity index (χ1) is 15.9. The minimum Gasteiger partial charge on any atom is -0.508 e. The fourth-order valence-corrected chi connectivity index (χ4v) is 5.87. The number of hydrogen-bond donors (Lipinski definition) is 2. The largest absolute Gasteiger partial charge is 0.508 e. The van der Waals surface area contributed by atoms with Gasteiger partial charge in [0.15, 0.2) is 0 Å². The molecule has 0 radical (unpaired) electrons. The maximum Gasteiger partial charge on any atom is 0.336 e. The Labute approximate surface area is 202 Å². The van der Waals surface area contributed by atoms with Crippen molar-refractivity contribution >= 4 is 17.7 Å². The van der Waals surface area contributed by atoms with Crippen LogP contribution in [0.4, 0.5) is 0 Å². The van der Waals surface area contributed by atoms with E-state index in [0.29, 0.717) is 12.0 Å². The molecule has 0 aliphatic heterocycles. The summed E-state index contributed by atoms with van der Waals surface area (Å²) in [7, 11) is 0. The van der Waals surface area contributed by atoms with Gasteiger partial charge in [-0.25, -0.2) is 9.59 Å². The highest BCUT2D eigenvalue weighted by Crippen LogP contribution is 2.64. The predicted octanol–water partition coefficient (Wildman–Crippen LogP) is 5.91. The zero-order valence-electron chi connectivity index (χ0n) is 21.0. The van der Waals surface area contributed by atoms with Crippen molar-refractivity contribution < 1.29 is 29.3 Å². The Morgan fingerprint density at radius 3 is 2.47 bits per heavy atom. The Morgan fingerprint density at radius 2 is 1.88 bits per heavy atom. The fourth-order valence-electron chi connectivity index (χ4n) is 5.87. The van der Waals surface area contributed by atoms with Crippen LogP contribution in [-0.4, -0.2) is 27.9 Å². The van der Waals surface area contributed by atoms with E-state index in [-0.39, 0.29) is 45.9 Å². The highest BCUT2D eigenvalue weighted by atomic mass is 16.5. The van der Waals surface area contributed by atoms with Gasteiger partial charge in [-0.05, 0) is 47.3 Å². The van der Waals surface area contributed by atoms with Crippen LogP contribution in [-0.2, 0) is 19.8 Å². The maximum atomic E-state index is 12.8. The average molecular weight is 471 g/mol. The monoisotopic (exact) mass is 470 g/mol. The summed E-state index contributed by atoms with van der Waals surface area (Å²) >= 11 is 0. The number of carboxylic acids is 1. The fraction of sp³-hybridized carbons (Fsp3) is 0.607. The van der Waals surface area contributed by atoms with Gasteiger partial charge in [0.2, 0.25) is 0 Å². The number of phenolic OH excluding ortho intramolecular Hbond substituents is 1. The van der Waals surface area contributed by atoms with E-state index >= 15 is 0 Å². The third-order valence-corrected chi connectivity index (χ3v) is 8.14. The van der Waals surface area contributed by atoms with Crippen LogP contribution in [0.2, 0.25) is 0 Å². The summed E-state index contributed by atoms with van der Waals surface area (Å²) in [5.41, 5.74) is 0.898. The number of fused-ring (bicyclic) bond motifs is 2. The number of carboxylic acid groups (broad SMARTS) is 1. The van der Waals surface area contributed by atoms with Crippen molar-refractivity contribution in [3.8, 4) is 11.5 Å². The van der Waals surface area contributed by atoms with Gasteiger partial charge in [0.1, 0.15) is 17.3 Å². The summed E-state index contributed by atoms with van der Waals surface area (Å²) in [6.07, 6.45) is 8.09. The quantitative estimate of drug-likeness (QED) is 0.191. The van der Waals surface area contributed by atoms with Gasteiger partial charge in [-0.2, -0.15) is 0 Å². The molecule has 186 valence electrons. The van der Waals surface area contributed by atoms with E-state index in [9.17, 15) is 19.5 Å². The van der Waals surface area contributed by atoms with Crippen LogP contribution in [0.25, 0.3) is 0 Å². The topological polar surface area (TPSA) is 101 Å². The first-order valence-electron chi connectivity index (χ1n) is 12.4. The molecular weight excluding hydrogens is 432 g/mol. The van der Waals surface area contributed by atoms with Gasteiger partial charge in [0.05, 0.1) is 0 Å². The van der Waals surface area contributed by atoms with Crippen LogP contribution >= 0.6 is 0 Å². The van der Waals surface area contributed by atoms with Crippen molar-refractivity contribution in [3.63, 3.8) is 0 Å². The summed E-state index contributed by atoms with van der Waals surface area (Å²) in [6.45, 7) is 10.5. The lowest BCUT2D eigenvalue weighted by atomic mass is 9.44. The molecule has 0 heterocycles. The van der Waals surface area contributed by atoms with Crippen molar-refractivity contribution in [2.75, 3.05) is 0 Å². The Bertz CT molecular complexity index is 987. The number of phenols is 1. The van der Waals surface area contributed by atoms with Gasteiger partial charge in [-0.3, -0.25) is 4.79 Å². The number of benzene rings is 1. The molecule has 2 bridgehead atoms. The second kappa shape index (κ2) is 9.93. The number of Topliss-reactive ketones (excluding diaryl/α,β-unsaturated/α-hetero) is 1. The van der Waals surface area contributed by atoms with Gasteiger partial charge < -0.3 is 14.9 Å². The number of unbranched alkanes of at least 4 members (excludes halogenated alkanes) is 3. The maximum absolute atomic E-state index is 12.8. The number of hydrogen-bond acceptors (Lipinski definition) is 5. The van der Waals surface area contributed by atoms with Gasteiger partial charge in [-0.1, -0.05) is 60.3 Å². The minimum absolute atomic E-state index is 0.0306. The summed E-state index contributed by atoms with van der Waals surface area (Å²) in [6, 6.07) is 3.55. The third-order valence-electron chi connectivity index (χ3n) is 8.14. The number of rotatable bonds is 10. The Balaban J connectivity index is 2.00. The number of carbonyl (C=O) groups excluding carboxylic acids is 2. The average Bonchev–Trinajstić information content (AvgIpc) is 2.74. The van der Waals surface area contributed by atoms with Crippen LogP contribution in [0.15, 0.2) is 24.3 Å². The van der Waals surface area contributed by atoms with Crippen LogP contribution in [0.1, 0.15) is 96.6 Å². The smallest absolute Gasteiger partial charge is 0.336 e. The molecule has 0 aromatic heterocycles. The highest BCUT2D eigenvalue weighted by Gasteiger charge is 2.59.